The topological polar surface area (TPSA) is 83.8 Å². The van der Waals surface area contributed by atoms with Crippen LogP contribution in [0.2, 0.25) is 0 Å². The average molecular weight is 331 g/mol. The number of nitrogens with one attached hydrogen (secondary N) is 2. The molecule has 1 unspecified atom stereocenters. The lowest BCUT2D eigenvalue weighted by Crippen LogP contribution is -2.49. The summed E-state index contributed by atoms with van der Waals surface area (Å²) in [5.74, 6) is 0.656. The number of H-pyrrole nitrogens is 1. The monoisotopic (exact) mass is 330 g/mol. The van der Waals surface area contributed by atoms with Crippen molar-refractivity contribution < 1.29 is 4.79 Å². The first kappa shape index (κ1) is 19.4. The van der Waals surface area contributed by atoms with Gasteiger partial charge in [0.2, 0.25) is 5.91 Å². The summed E-state index contributed by atoms with van der Waals surface area (Å²) in [7, 11) is 0. The van der Waals surface area contributed by atoms with Crippen LogP contribution in [-0.4, -0.2) is 22.4 Å². The number of aromatic amines is 1. The zero-order valence-electron chi connectivity index (χ0n) is 11.7. The molecule has 0 saturated heterocycles. The Morgan fingerprint density at radius 3 is 2.57 bits per heavy atom. The van der Waals surface area contributed by atoms with Gasteiger partial charge in [-0.1, -0.05) is 30.3 Å². The van der Waals surface area contributed by atoms with Crippen molar-refractivity contribution in [1.82, 2.24) is 15.3 Å². The number of imidazole rings is 1. The summed E-state index contributed by atoms with van der Waals surface area (Å²) in [5.41, 5.74) is 5.88. The van der Waals surface area contributed by atoms with Crippen molar-refractivity contribution in [3.05, 3.63) is 54.1 Å². The molecule has 1 atom stereocenters. The summed E-state index contributed by atoms with van der Waals surface area (Å²) in [4.78, 5) is 19.2. The van der Waals surface area contributed by atoms with E-state index >= 15 is 0 Å². The molecule has 1 heterocycles. The van der Waals surface area contributed by atoms with Crippen molar-refractivity contribution in [3.8, 4) is 0 Å². The highest BCUT2D eigenvalue weighted by molar-refractivity contribution is 5.87. The maximum atomic E-state index is 12.1. The number of carbonyl (C=O) groups excluding carboxylic acids is 1. The van der Waals surface area contributed by atoms with Crippen molar-refractivity contribution in [2.24, 2.45) is 5.73 Å². The van der Waals surface area contributed by atoms with Gasteiger partial charge in [-0.2, -0.15) is 0 Å². The van der Waals surface area contributed by atoms with Gasteiger partial charge in [0.15, 0.2) is 0 Å². The largest absolute Gasteiger partial charge is 0.354 e. The van der Waals surface area contributed by atoms with Crippen LogP contribution >= 0.6 is 24.8 Å². The highest BCUT2D eigenvalue weighted by Gasteiger charge is 2.29. The van der Waals surface area contributed by atoms with Gasteiger partial charge < -0.3 is 16.0 Å². The minimum Gasteiger partial charge on any atom is -0.354 e. The number of benzene rings is 1. The van der Waals surface area contributed by atoms with Crippen LogP contribution in [0, 0.1) is 0 Å². The quantitative estimate of drug-likeness (QED) is 0.781. The molecule has 2 rings (SSSR count). The Morgan fingerprint density at radius 2 is 2.00 bits per heavy atom. The molecule has 0 radical (unpaired) electrons. The Balaban J connectivity index is 0.00000200. The second-order valence-corrected chi connectivity index (χ2v) is 4.61. The first-order chi connectivity index (χ1) is 9.10. The molecule has 1 aromatic heterocycles. The Morgan fingerprint density at radius 1 is 1.33 bits per heavy atom. The third-order valence-corrected chi connectivity index (χ3v) is 3.05. The highest BCUT2D eigenvalue weighted by atomic mass is 35.5. The van der Waals surface area contributed by atoms with Crippen LogP contribution in [0.25, 0.3) is 0 Å². The molecule has 1 aromatic carbocycles. The molecule has 0 saturated carbocycles. The summed E-state index contributed by atoms with van der Waals surface area (Å²) in [6.07, 6.45) is 4.10. The van der Waals surface area contributed by atoms with Gasteiger partial charge in [-0.05, 0) is 12.5 Å². The zero-order valence-corrected chi connectivity index (χ0v) is 13.3. The summed E-state index contributed by atoms with van der Waals surface area (Å²) in [5, 5.41) is 2.84. The Bertz CT molecular complexity index is 529. The molecule has 21 heavy (non-hydrogen) atoms. The molecule has 7 heteroatoms. The molecule has 0 aliphatic rings. The zero-order chi connectivity index (χ0) is 13.7. The van der Waals surface area contributed by atoms with Gasteiger partial charge in [-0.3, -0.25) is 4.79 Å². The van der Waals surface area contributed by atoms with Crippen LogP contribution < -0.4 is 11.1 Å². The lowest BCUT2D eigenvalue weighted by molar-refractivity contribution is -0.126. The predicted molar refractivity (Wildman–Crippen MR) is 87.8 cm³/mol. The van der Waals surface area contributed by atoms with Gasteiger partial charge in [-0.15, -0.1) is 24.8 Å². The smallest absolute Gasteiger partial charge is 0.244 e. The van der Waals surface area contributed by atoms with E-state index in [1.54, 1.807) is 19.3 Å². The fourth-order valence-corrected chi connectivity index (χ4v) is 1.83. The van der Waals surface area contributed by atoms with E-state index in [0.29, 0.717) is 13.0 Å². The van der Waals surface area contributed by atoms with Crippen LogP contribution in [-0.2, 0) is 16.8 Å². The number of nitrogens with zero attached hydrogens (tertiary/aromatic N) is 1. The first-order valence-corrected chi connectivity index (χ1v) is 6.21. The van der Waals surface area contributed by atoms with E-state index in [1.165, 1.54) is 0 Å². The van der Waals surface area contributed by atoms with E-state index in [-0.39, 0.29) is 30.7 Å². The molecule has 4 N–H and O–H groups in total. The first-order valence-electron chi connectivity index (χ1n) is 6.21. The number of nitrogens with two attached hydrogens (primary N) is 1. The van der Waals surface area contributed by atoms with Crippen molar-refractivity contribution >= 4 is 30.7 Å². The van der Waals surface area contributed by atoms with Crippen LogP contribution in [0.5, 0.6) is 0 Å². The predicted octanol–water partition coefficient (Wildman–Crippen LogP) is 1.79. The van der Waals surface area contributed by atoms with Crippen LogP contribution in [0.3, 0.4) is 0 Å². The van der Waals surface area contributed by atoms with Crippen LogP contribution in [0.1, 0.15) is 18.3 Å². The molecule has 2 aromatic rings. The van der Waals surface area contributed by atoms with Gasteiger partial charge >= 0.3 is 0 Å². The lowest BCUT2D eigenvalue weighted by atomic mass is 9.92. The van der Waals surface area contributed by atoms with Crippen molar-refractivity contribution in [2.45, 2.75) is 18.9 Å². The molecular formula is C14H20Cl2N4O. The van der Waals surface area contributed by atoms with Crippen molar-refractivity contribution in [3.63, 3.8) is 0 Å². The van der Waals surface area contributed by atoms with Crippen LogP contribution in [0.4, 0.5) is 0 Å². The van der Waals surface area contributed by atoms with E-state index in [9.17, 15) is 4.79 Å². The number of carbonyl (C=O) groups is 1. The minimum atomic E-state index is -1.02. The van der Waals surface area contributed by atoms with Crippen molar-refractivity contribution in [1.29, 1.82) is 0 Å². The van der Waals surface area contributed by atoms with E-state index in [4.69, 9.17) is 5.73 Å². The summed E-state index contributed by atoms with van der Waals surface area (Å²) >= 11 is 0. The fraction of sp³-hybridized carbons (Fsp3) is 0.286. The Labute approximate surface area is 136 Å². The summed E-state index contributed by atoms with van der Waals surface area (Å²) in [6.45, 7) is 2.22. The summed E-state index contributed by atoms with van der Waals surface area (Å²) in [6, 6.07) is 9.35. The van der Waals surface area contributed by atoms with Gasteiger partial charge in [0.1, 0.15) is 11.4 Å². The third-order valence-electron chi connectivity index (χ3n) is 3.05. The minimum absolute atomic E-state index is 0. The molecule has 1 amide bonds. The number of aromatic nitrogens is 2. The molecule has 0 spiro atoms. The second-order valence-electron chi connectivity index (χ2n) is 4.61. The van der Waals surface area contributed by atoms with Gasteiger partial charge in [0.05, 0.1) is 0 Å². The average Bonchev–Trinajstić information content (AvgIpc) is 2.93. The normalized spacial score (nSPS) is 12.5. The fourth-order valence-electron chi connectivity index (χ4n) is 1.83. The molecule has 5 nitrogen and oxygen atoms in total. The van der Waals surface area contributed by atoms with E-state index < -0.39 is 5.54 Å². The highest BCUT2D eigenvalue weighted by Crippen LogP contribution is 2.17. The van der Waals surface area contributed by atoms with E-state index in [0.717, 1.165) is 11.4 Å². The number of amides is 1. The lowest BCUT2D eigenvalue weighted by Gasteiger charge is -2.24. The molecule has 0 fully saturated rings. The third kappa shape index (κ3) is 5.04. The molecule has 0 aliphatic heterocycles. The maximum absolute atomic E-state index is 12.1. The van der Waals surface area contributed by atoms with Crippen LogP contribution in [0.15, 0.2) is 42.7 Å². The van der Waals surface area contributed by atoms with E-state index in [2.05, 4.69) is 15.3 Å². The number of hydrogen-bond acceptors (Lipinski definition) is 3. The van der Waals surface area contributed by atoms with Gasteiger partial charge in [0, 0.05) is 25.4 Å². The Kier molecular flexibility index (Phi) is 8.02. The second kappa shape index (κ2) is 8.67. The number of hydrogen-bond donors (Lipinski definition) is 3. The SMILES string of the molecule is CC(N)(C(=O)NCCc1ncc[nH]1)c1ccccc1.Cl.Cl. The summed E-state index contributed by atoms with van der Waals surface area (Å²) < 4.78 is 0. The molecule has 0 aliphatic carbocycles. The molecule has 0 bridgehead atoms. The maximum Gasteiger partial charge on any atom is 0.244 e. The number of halogens is 2. The molecule has 116 valence electrons. The van der Waals surface area contributed by atoms with Gasteiger partial charge in [-0.25, -0.2) is 4.98 Å². The van der Waals surface area contributed by atoms with Crippen molar-refractivity contribution in [2.75, 3.05) is 6.54 Å². The van der Waals surface area contributed by atoms with Gasteiger partial charge in [0.25, 0.3) is 0 Å². The standard InChI is InChI=1S/C14H18N4O.2ClH/c1-14(15,11-5-3-2-4-6-11)13(19)18-8-7-12-16-9-10-17-12;;/h2-6,9-10H,7-8,15H2,1H3,(H,16,17)(H,18,19);2*1H. The van der Waals surface area contributed by atoms with E-state index in [1.807, 2.05) is 30.3 Å². The number of rotatable bonds is 5. The Hall–Kier alpha value is -1.56. The molecular weight excluding hydrogens is 311 g/mol.